The predicted molar refractivity (Wildman–Crippen MR) is 166 cm³/mol. The highest BCUT2D eigenvalue weighted by atomic mass is 35.5. The van der Waals surface area contributed by atoms with E-state index in [2.05, 4.69) is 19.2 Å². The van der Waals surface area contributed by atoms with Gasteiger partial charge in [-0.2, -0.15) is 0 Å². The van der Waals surface area contributed by atoms with Gasteiger partial charge in [-0.25, -0.2) is 8.42 Å². The van der Waals surface area contributed by atoms with E-state index in [1.807, 2.05) is 32.9 Å². The number of carbonyl (C=O) groups is 2. The summed E-state index contributed by atoms with van der Waals surface area (Å²) in [5, 5.41) is 3.49. The molecular weight excluding hydrogens is 558 g/mol. The number of halogens is 1. The molecule has 9 heteroatoms. The number of benzene rings is 3. The number of sulfonamides is 1. The Labute approximate surface area is 249 Å². The quantitative estimate of drug-likeness (QED) is 0.265. The van der Waals surface area contributed by atoms with Crippen molar-refractivity contribution >= 4 is 39.1 Å². The maximum atomic E-state index is 14.0. The molecule has 0 saturated heterocycles. The molecule has 41 heavy (non-hydrogen) atoms. The molecule has 0 bridgehead atoms. The molecule has 0 saturated carbocycles. The molecule has 0 heterocycles. The SMILES string of the molecule is CC[C@@H](C)NC(=O)[C@@H](C)N(Cc1ccc(Cl)cc1)C(=O)CN(c1ccc(C(C)C)cc1)S(=O)(=O)c1ccc(C)cc1. The first-order chi connectivity index (χ1) is 19.3. The monoisotopic (exact) mass is 597 g/mol. The maximum absolute atomic E-state index is 14.0. The second kappa shape index (κ2) is 14.0. The van der Waals surface area contributed by atoms with Crippen LogP contribution in [0.1, 0.15) is 63.6 Å². The van der Waals surface area contributed by atoms with Gasteiger partial charge in [-0.05, 0) is 80.6 Å². The first-order valence-electron chi connectivity index (χ1n) is 13.9. The van der Waals surface area contributed by atoms with E-state index < -0.39 is 28.5 Å². The number of carbonyl (C=O) groups excluding carboxylic acids is 2. The van der Waals surface area contributed by atoms with Gasteiger partial charge in [0.05, 0.1) is 10.6 Å². The molecule has 220 valence electrons. The van der Waals surface area contributed by atoms with E-state index in [-0.39, 0.29) is 29.3 Å². The van der Waals surface area contributed by atoms with E-state index in [1.165, 1.54) is 17.0 Å². The van der Waals surface area contributed by atoms with Crippen LogP contribution in [0.5, 0.6) is 0 Å². The first-order valence-corrected chi connectivity index (χ1v) is 15.7. The molecule has 3 aromatic rings. The van der Waals surface area contributed by atoms with Gasteiger partial charge in [0.25, 0.3) is 10.0 Å². The molecule has 0 unspecified atom stereocenters. The number of nitrogens with zero attached hydrogens (tertiary/aromatic N) is 2. The van der Waals surface area contributed by atoms with Crippen LogP contribution in [0.4, 0.5) is 5.69 Å². The minimum Gasteiger partial charge on any atom is -0.352 e. The summed E-state index contributed by atoms with van der Waals surface area (Å²) in [5.74, 6) is -0.557. The van der Waals surface area contributed by atoms with Gasteiger partial charge in [0.15, 0.2) is 0 Å². The lowest BCUT2D eigenvalue weighted by Crippen LogP contribution is -2.52. The van der Waals surface area contributed by atoms with Crippen molar-refractivity contribution in [2.24, 2.45) is 0 Å². The van der Waals surface area contributed by atoms with Gasteiger partial charge in [-0.1, -0.05) is 74.3 Å². The highest BCUT2D eigenvalue weighted by Crippen LogP contribution is 2.27. The molecular formula is C32H40ClN3O4S. The van der Waals surface area contributed by atoms with Crippen LogP contribution in [0.2, 0.25) is 5.02 Å². The van der Waals surface area contributed by atoms with Crippen molar-refractivity contribution in [3.8, 4) is 0 Å². The van der Waals surface area contributed by atoms with Gasteiger partial charge in [0.2, 0.25) is 11.8 Å². The second-order valence-electron chi connectivity index (χ2n) is 10.7. The van der Waals surface area contributed by atoms with Crippen molar-refractivity contribution < 1.29 is 18.0 Å². The smallest absolute Gasteiger partial charge is 0.264 e. The summed E-state index contributed by atoms with van der Waals surface area (Å²) < 4.78 is 29.1. The molecule has 3 aromatic carbocycles. The summed E-state index contributed by atoms with van der Waals surface area (Å²) in [6.45, 7) is 11.1. The summed E-state index contributed by atoms with van der Waals surface area (Å²) in [5.41, 5.74) is 3.10. The lowest BCUT2D eigenvalue weighted by Gasteiger charge is -2.32. The van der Waals surface area contributed by atoms with Crippen molar-refractivity contribution in [1.29, 1.82) is 0 Å². The Morgan fingerprint density at radius 2 is 1.46 bits per heavy atom. The fourth-order valence-corrected chi connectivity index (χ4v) is 5.77. The third kappa shape index (κ3) is 8.33. The maximum Gasteiger partial charge on any atom is 0.264 e. The topological polar surface area (TPSA) is 86.8 Å². The Morgan fingerprint density at radius 3 is 2.00 bits per heavy atom. The standard InChI is InChI=1S/C32H40ClN3O4S/c1-7-24(5)34-32(38)25(6)35(20-26-10-14-28(33)15-11-26)31(37)21-36(29-16-12-27(13-17-29)22(2)3)41(39,40)30-18-8-23(4)9-19-30/h8-19,22,24-25H,7,20-21H2,1-6H3,(H,34,38)/t24-,25-/m1/s1. The van der Waals surface area contributed by atoms with Crippen molar-refractivity contribution in [3.63, 3.8) is 0 Å². The minimum absolute atomic E-state index is 0.0738. The van der Waals surface area contributed by atoms with E-state index in [0.29, 0.717) is 10.7 Å². The molecule has 0 fully saturated rings. The molecule has 0 spiro atoms. The van der Waals surface area contributed by atoms with Crippen LogP contribution in [-0.2, 0) is 26.2 Å². The van der Waals surface area contributed by atoms with E-state index >= 15 is 0 Å². The van der Waals surface area contributed by atoms with E-state index in [1.54, 1.807) is 55.5 Å². The third-order valence-corrected chi connectivity index (χ3v) is 9.21. The number of hydrogen-bond donors (Lipinski definition) is 1. The van der Waals surface area contributed by atoms with Crippen LogP contribution in [0.3, 0.4) is 0 Å². The summed E-state index contributed by atoms with van der Waals surface area (Å²) in [7, 11) is -4.11. The molecule has 2 atom stereocenters. The first kappa shape index (κ1) is 32.2. The molecule has 0 aliphatic carbocycles. The van der Waals surface area contributed by atoms with Crippen molar-refractivity contribution in [3.05, 3.63) is 94.5 Å². The van der Waals surface area contributed by atoms with Gasteiger partial charge in [-0.3, -0.25) is 13.9 Å². The van der Waals surface area contributed by atoms with Crippen LogP contribution in [0.25, 0.3) is 0 Å². The lowest BCUT2D eigenvalue weighted by molar-refractivity contribution is -0.139. The number of hydrogen-bond acceptors (Lipinski definition) is 4. The summed E-state index contributed by atoms with van der Waals surface area (Å²) in [6, 6.07) is 19.8. The summed E-state index contributed by atoms with van der Waals surface area (Å²) in [6.07, 6.45) is 0.735. The fourth-order valence-electron chi connectivity index (χ4n) is 4.23. The molecule has 7 nitrogen and oxygen atoms in total. The molecule has 1 N–H and O–H groups in total. The van der Waals surface area contributed by atoms with Crippen molar-refractivity contribution in [2.45, 2.75) is 77.4 Å². The van der Waals surface area contributed by atoms with Gasteiger partial charge in [0.1, 0.15) is 12.6 Å². The Balaban J connectivity index is 2.03. The Hall–Kier alpha value is -3.36. The molecule has 0 aliphatic heterocycles. The number of rotatable bonds is 12. The number of aryl methyl sites for hydroxylation is 1. The Kier molecular flexibility index (Phi) is 11.0. The fraction of sp³-hybridized carbons (Fsp3) is 0.375. The Morgan fingerprint density at radius 1 is 0.878 bits per heavy atom. The molecule has 0 aromatic heterocycles. The van der Waals surface area contributed by atoms with Crippen LogP contribution >= 0.6 is 11.6 Å². The van der Waals surface area contributed by atoms with Crippen LogP contribution in [0, 0.1) is 6.92 Å². The zero-order chi connectivity index (χ0) is 30.3. The average Bonchev–Trinajstić information content (AvgIpc) is 2.95. The highest BCUT2D eigenvalue weighted by Gasteiger charge is 2.32. The normalized spacial score (nSPS) is 13.0. The zero-order valence-electron chi connectivity index (χ0n) is 24.6. The number of anilines is 1. The molecule has 0 aliphatic rings. The van der Waals surface area contributed by atoms with Crippen molar-refractivity contribution in [1.82, 2.24) is 10.2 Å². The number of nitrogens with one attached hydrogen (secondary N) is 1. The number of amides is 2. The third-order valence-electron chi connectivity index (χ3n) is 7.17. The summed E-state index contributed by atoms with van der Waals surface area (Å²) in [4.78, 5) is 28.7. The van der Waals surface area contributed by atoms with Gasteiger partial charge in [0, 0.05) is 17.6 Å². The average molecular weight is 598 g/mol. The van der Waals surface area contributed by atoms with Crippen LogP contribution < -0.4 is 9.62 Å². The second-order valence-corrected chi connectivity index (χ2v) is 13.0. The van der Waals surface area contributed by atoms with Crippen molar-refractivity contribution in [2.75, 3.05) is 10.8 Å². The largest absolute Gasteiger partial charge is 0.352 e. The molecule has 0 radical (unpaired) electrons. The Bertz CT molecular complexity index is 1420. The highest BCUT2D eigenvalue weighted by molar-refractivity contribution is 7.92. The lowest BCUT2D eigenvalue weighted by atomic mass is 10.0. The van der Waals surface area contributed by atoms with E-state index in [4.69, 9.17) is 11.6 Å². The molecule has 3 rings (SSSR count). The zero-order valence-corrected chi connectivity index (χ0v) is 26.2. The van der Waals surface area contributed by atoms with Gasteiger partial charge in [-0.15, -0.1) is 0 Å². The van der Waals surface area contributed by atoms with Gasteiger partial charge < -0.3 is 10.2 Å². The predicted octanol–water partition coefficient (Wildman–Crippen LogP) is 6.30. The van der Waals surface area contributed by atoms with E-state index in [0.717, 1.165) is 27.4 Å². The van der Waals surface area contributed by atoms with Crippen LogP contribution in [0.15, 0.2) is 77.7 Å². The van der Waals surface area contributed by atoms with E-state index in [9.17, 15) is 18.0 Å². The minimum atomic E-state index is -4.11. The summed E-state index contributed by atoms with van der Waals surface area (Å²) >= 11 is 6.06. The van der Waals surface area contributed by atoms with Gasteiger partial charge >= 0.3 is 0 Å². The van der Waals surface area contributed by atoms with Crippen LogP contribution in [-0.4, -0.2) is 43.8 Å². The molecule has 2 amide bonds.